The second-order valence-corrected chi connectivity index (χ2v) is 6.91. The number of non-ortho nitro benzene ring substituents is 1. The first-order chi connectivity index (χ1) is 14.6. The normalized spacial score (nSPS) is 11.2. The molecule has 2 amide bonds. The number of hydrogen-bond acceptors (Lipinski definition) is 7. The Morgan fingerprint density at radius 2 is 1.87 bits per heavy atom. The van der Waals surface area contributed by atoms with E-state index in [2.05, 4.69) is 10.6 Å². The van der Waals surface area contributed by atoms with Crippen molar-refractivity contribution in [2.45, 2.75) is 13.0 Å². The standard InChI is InChI=1S/C19H17Cl2N3O7/c1-10(18(26)23-15-8-12(24(28)29)4-6-16(15)30-2)31-17(25)9-22-19(27)13-5-3-11(20)7-14(13)21/h3-8,10H,9H2,1-2H3,(H,22,27)(H,23,26). The van der Waals surface area contributed by atoms with Gasteiger partial charge in [-0.2, -0.15) is 0 Å². The van der Waals surface area contributed by atoms with Crippen molar-refractivity contribution in [1.82, 2.24) is 5.32 Å². The predicted molar refractivity (Wildman–Crippen MR) is 113 cm³/mol. The molecule has 31 heavy (non-hydrogen) atoms. The Balaban J connectivity index is 1.94. The first-order valence-corrected chi connectivity index (χ1v) is 9.44. The van der Waals surface area contributed by atoms with Crippen molar-refractivity contribution in [3.05, 3.63) is 62.1 Å². The zero-order valence-electron chi connectivity index (χ0n) is 16.3. The zero-order valence-corrected chi connectivity index (χ0v) is 17.8. The topological polar surface area (TPSA) is 137 Å². The summed E-state index contributed by atoms with van der Waals surface area (Å²) in [6.07, 6.45) is -1.26. The number of nitro benzene ring substituents is 1. The van der Waals surface area contributed by atoms with Gasteiger partial charge >= 0.3 is 5.97 Å². The van der Waals surface area contributed by atoms with E-state index < -0.39 is 35.4 Å². The van der Waals surface area contributed by atoms with Gasteiger partial charge in [-0.05, 0) is 31.2 Å². The molecule has 0 spiro atoms. The van der Waals surface area contributed by atoms with Crippen LogP contribution in [0.1, 0.15) is 17.3 Å². The van der Waals surface area contributed by atoms with Crippen LogP contribution in [0.4, 0.5) is 11.4 Å². The van der Waals surface area contributed by atoms with Gasteiger partial charge in [0.05, 0.1) is 28.3 Å². The number of nitrogens with one attached hydrogen (secondary N) is 2. The summed E-state index contributed by atoms with van der Waals surface area (Å²) in [4.78, 5) is 46.7. The summed E-state index contributed by atoms with van der Waals surface area (Å²) in [5.74, 6) is -2.08. The van der Waals surface area contributed by atoms with Crippen molar-refractivity contribution in [2.24, 2.45) is 0 Å². The molecule has 0 aliphatic carbocycles. The van der Waals surface area contributed by atoms with E-state index in [1.165, 1.54) is 44.4 Å². The van der Waals surface area contributed by atoms with Gasteiger partial charge in [-0.3, -0.25) is 24.5 Å². The zero-order chi connectivity index (χ0) is 23.1. The van der Waals surface area contributed by atoms with Gasteiger partial charge < -0.3 is 20.1 Å². The van der Waals surface area contributed by atoms with Crippen molar-refractivity contribution in [3.63, 3.8) is 0 Å². The van der Waals surface area contributed by atoms with Crippen LogP contribution in [0, 0.1) is 10.1 Å². The van der Waals surface area contributed by atoms with Crippen LogP contribution < -0.4 is 15.4 Å². The van der Waals surface area contributed by atoms with E-state index in [0.717, 1.165) is 6.07 Å². The van der Waals surface area contributed by atoms with E-state index in [9.17, 15) is 24.5 Å². The molecule has 0 fully saturated rings. The molecule has 2 aromatic rings. The molecule has 2 rings (SSSR count). The van der Waals surface area contributed by atoms with Gasteiger partial charge in [0.2, 0.25) is 0 Å². The maximum atomic E-state index is 12.3. The number of hydrogen-bond donors (Lipinski definition) is 2. The SMILES string of the molecule is COc1ccc([N+](=O)[O-])cc1NC(=O)C(C)OC(=O)CNC(=O)c1ccc(Cl)cc1Cl. The van der Waals surface area contributed by atoms with Crippen LogP contribution >= 0.6 is 23.2 Å². The number of benzene rings is 2. The summed E-state index contributed by atoms with van der Waals surface area (Å²) in [6, 6.07) is 7.89. The van der Waals surface area contributed by atoms with Gasteiger partial charge in [-0.1, -0.05) is 23.2 Å². The number of anilines is 1. The summed E-state index contributed by atoms with van der Waals surface area (Å²) in [5.41, 5.74) is -0.109. The molecule has 10 nitrogen and oxygen atoms in total. The number of rotatable bonds is 8. The Labute approximate surface area is 186 Å². The van der Waals surface area contributed by atoms with Gasteiger partial charge in [0.15, 0.2) is 6.10 Å². The number of esters is 1. The molecule has 0 radical (unpaired) electrons. The smallest absolute Gasteiger partial charge is 0.326 e. The second kappa shape index (κ2) is 10.6. The van der Waals surface area contributed by atoms with E-state index in [-0.39, 0.29) is 27.7 Å². The molecule has 0 heterocycles. The molecule has 0 aliphatic rings. The Kier molecular flexibility index (Phi) is 8.17. The van der Waals surface area contributed by atoms with E-state index in [4.69, 9.17) is 32.7 Å². The number of carbonyl (C=O) groups is 3. The lowest BCUT2D eigenvalue weighted by Crippen LogP contribution is -2.36. The van der Waals surface area contributed by atoms with Crippen molar-refractivity contribution >= 4 is 52.4 Å². The Hall–Kier alpha value is -3.37. The highest BCUT2D eigenvalue weighted by Crippen LogP contribution is 2.29. The fraction of sp³-hybridized carbons (Fsp3) is 0.211. The molecule has 2 N–H and O–H groups in total. The van der Waals surface area contributed by atoms with E-state index in [1.54, 1.807) is 0 Å². The minimum Gasteiger partial charge on any atom is -0.495 e. The molecule has 164 valence electrons. The molecule has 0 aromatic heterocycles. The first kappa shape index (κ1) is 23.9. The van der Waals surface area contributed by atoms with Crippen molar-refractivity contribution in [2.75, 3.05) is 19.0 Å². The van der Waals surface area contributed by atoms with Crippen molar-refractivity contribution in [1.29, 1.82) is 0 Å². The minimum absolute atomic E-state index is 0.0373. The number of nitro groups is 1. The number of nitrogens with zero attached hydrogens (tertiary/aromatic N) is 1. The first-order valence-electron chi connectivity index (χ1n) is 8.68. The fourth-order valence-corrected chi connectivity index (χ4v) is 2.85. The average molecular weight is 470 g/mol. The quantitative estimate of drug-likeness (QED) is 0.343. The third-order valence-corrected chi connectivity index (χ3v) is 4.45. The molecule has 0 saturated heterocycles. The highest BCUT2D eigenvalue weighted by atomic mass is 35.5. The van der Waals surface area contributed by atoms with E-state index in [0.29, 0.717) is 5.02 Å². The Bertz CT molecular complexity index is 1030. The van der Waals surface area contributed by atoms with Gasteiger partial charge in [-0.25, -0.2) is 0 Å². The van der Waals surface area contributed by atoms with Crippen LogP contribution in [-0.4, -0.2) is 42.5 Å². The van der Waals surface area contributed by atoms with E-state index >= 15 is 0 Å². The molecule has 0 bridgehead atoms. The lowest BCUT2D eigenvalue weighted by atomic mass is 10.2. The molecular formula is C19H17Cl2N3O7. The van der Waals surface area contributed by atoms with Crippen LogP contribution in [0.3, 0.4) is 0 Å². The maximum absolute atomic E-state index is 12.3. The highest BCUT2D eigenvalue weighted by Gasteiger charge is 2.21. The molecule has 2 aromatic carbocycles. The summed E-state index contributed by atoms with van der Waals surface area (Å²) in [7, 11) is 1.33. The predicted octanol–water partition coefficient (Wildman–Crippen LogP) is 3.21. The lowest BCUT2D eigenvalue weighted by molar-refractivity contribution is -0.384. The fourth-order valence-electron chi connectivity index (χ4n) is 2.36. The second-order valence-electron chi connectivity index (χ2n) is 6.07. The van der Waals surface area contributed by atoms with Crippen LogP contribution in [0.15, 0.2) is 36.4 Å². The average Bonchev–Trinajstić information content (AvgIpc) is 2.71. The molecule has 1 atom stereocenters. The number of amides is 2. The Morgan fingerprint density at radius 1 is 1.16 bits per heavy atom. The third-order valence-electron chi connectivity index (χ3n) is 3.90. The Morgan fingerprint density at radius 3 is 2.48 bits per heavy atom. The van der Waals surface area contributed by atoms with Gasteiger partial charge in [0.25, 0.3) is 17.5 Å². The maximum Gasteiger partial charge on any atom is 0.326 e. The van der Waals surface area contributed by atoms with Crippen molar-refractivity contribution < 1.29 is 28.8 Å². The molecule has 0 saturated carbocycles. The monoisotopic (exact) mass is 469 g/mol. The molecule has 0 aliphatic heterocycles. The summed E-state index contributed by atoms with van der Waals surface area (Å²) in [5, 5.41) is 16.1. The highest BCUT2D eigenvalue weighted by molar-refractivity contribution is 6.36. The van der Waals surface area contributed by atoms with Gasteiger partial charge in [-0.15, -0.1) is 0 Å². The summed E-state index contributed by atoms with van der Waals surface area (Å²) >= 11 is 11.7. The number of halogens is 2. The summed E-state index contributed by atoms with van der Waals surface area (Å²) in [6.45, 7) is 0.782. The number of methoxy groups -OCH3 is 1. The third kappa shape index (κ3) is 6.56. The van der Waals surface area contributed by atoms with Gasteiger partial charge in [0, 0.05) is 17.2 Å². The van der Waals surface area contributed by atoms with Crippen LogP contribution in [-0.2, 0) is 14.3 Å². The van der Waals surface area contributed by atoms with Crippen LogP contribution in [0.5, 0.6) is 5.75 Å². The molecule has 1 unspecified atom stereocenters. The van der Waals surface area contributed by atoms with Gasteiger partial charge in [0.1, 0.15) is 12.3 Å². The summed E-state index contributed by atoms with van der Waals surface area (Å²) < 4.78 is 10.0. The molecular weight excluding hydrogens is 453 g/mol. The molecule has 12 heteroatoms. The minimum atomic E-state index is -1.26. The van der Waals surface area contributed by atoms with Crippen LogP contribution in [0.2, 0.25) is 10.0 Å². The lowest BCUT2D eigenvalue weighted by Gasteiger charge is -2.15. The van der Waals surface area contributed by atoms with E-state index in [1.807, 2.05) is 0 Å². The number of ether oxygens (including phenoxy) is 2. The number of carbonyl (C=O) groups excluding carboxylic acids is 3. The largest absolute Gasteiger partial charge is 0.495 e. The van der Waals surface area contributed by atoms with Crippen molar-refractivity contribution in [3.8, 4) is 5.75 Å². The van der Waals surface area contributed by atoms with Crippen LogP contribution in [0.25, 0.3) is 0 Å².